The minimum Gasteiger partial charge on any atom is -0.454 e. The molecule has 2 aromatic rings. The molecule has 1 aromatic carbocycles. The number of aromatic nitrogens is 2. The van der Waals surface area contributed by atoms with Crippen molar-refractivity contribution in [1.29, 1.82) is 0 Å². The van der Waals surface area contributed by atoms with Crippen molar-refractivity contribution < 1.29 is 14.3 Å². The van der Waals surface area contributed by atoms with Crippen LogP contribution < -0.4 is 20.3 Å². The maximum Gasteiger partial charge on any atom is 0.267 e. The predicted octanol–water partition coefficient (Wildman–Crippen LogP) is 0.891. The average molecular weight is 327 g/mol. The van der Waals surface area contributed by atoms with Crippen LogP contribution in [0.15, 0.2) is 29.1 Å². The van der Waals surface area contributed by atoms with Crippen LogP contribution in [0.1, 0.15) is 28.0 Å². The van der Waals surface area contributed by atoms with Crippen LogP contribution in [0.4, 0.5) is 0 Å². The Bertz CT molecular complexity index is 859. The third kappa shape index (κ3) is 2.73. The number of fused-ring (bicyclic) bond motifs is 2. The van der Waals surface area contributed by atoms with Gasteiger partial charge < -0.3 is 14.8 Å². The number of amides is 1. The van der Waals surface area contributed by atoms with E-state index in [1.807, 2.05) is 0 Å². The Morgan fingerprint density at radius 1 is 1.21 bits per heavy atom. The lowest BCUT2D eigenvalue weighted by molar-refractivity contribution is 0.0951. The lowest BCUT2D eigenvalue weighted by atomic mass is 10.2. The second-order valence-electron chi connectivity index (χ2n) is 5.86. The Hall–Kier alpha value is -2.83. The van der Waals surface area contributed by atoms with Gasteiger partial charge in [-0.25, -0.2) is 4.68 Å². The molecule has 0 spiro atoms. The fraction of sp³-hybridized carbons (Fsp3) is 0.353. The molecule has 0 saturated heterocycles. The monoisotopic (exact) mass is 327 g/mol. The fourth-order valence-electron chi connectivity index (χ4n) is 3.01. The molecular weight excluding hydrogens is 310 g/mol. The van der Waals surface area contributed by atoms with Gasteiger partial charge in [-0.1, -0.05) is 0 Å². The molecule has 0 bridgehead atoms. The van der Waals surface area contributed by atoms with E-state index >= 15 is 0 Å². The van der Waals surface area contributed by atoms with Crippen LogP contribution >= 0.6 is 0 Å². The molecule has 2 aliphatic rings. The van der Waals surface area contributed by atoms with E-state index in [0.29, 0.717) is 30.2 Å². The lowest BCUT2D eigenvalue weighted by Crippen LogP contribution is -2.32. The number of aryl methyl sites for hydroxylation is 2. The second kappa shape index (κ2) is 5.99. The van der Waals surface area contributed by atoms with Crippen LogP contribution in [0.5, 0.6) is 11.5 Å². The van der Waals surface area contributed by atoms with Crippen molar-refractivity contribution in [3.8, 4) is 11.5 Å². The van der Waals surface area contributed by atoms with Crippen molar-refractivity contribution >= 4 is 5.91 Å². The number of rotatable bonds is 4. The molecule has 24 heavy (non-hydrogen) atoms. The van der Waals surface area contributed by atoms with Crippen LogP contribution in [0, 0.1) is 0 Å². The largest absolute Gasteiger partial charge is 0.454 e. The van der Waals surface area contributed by atoms with Gasteiger partial charge in [0.2, 0.25) is 6.79 Å². The molecule has 124 valence electrons. The van der Waals surface area contributed by atoms with Gasteiger partial charge in [-0.05, 0) is 43.0 Å². The zero-order valence-corrected chi connectivity index (χ0v) is 13.1. The van der Waals surface area contributed by atoms with Gasteiger partial charge in [0.1, 0.15) is 0 Å². The van der Waals surface area contributed by atoms with E-state index in [2.05, 4.69) is 10.4 Å². The van der Waals surface area contributed by atoms with E-state index in [9.17, 15) is 9.59 Å². The summed E-state index contributed by atoms with van der Waals surface area (Å²) in [7, 11) is 0. The van der Waals surface area contributed by atoms with Gasteiger partial charge in [0.25, 0.3) is 11.5 Å². The molecule has 0 atom stereocenters. The van der Waals surface area contributed by atoms with E-state index in [1.165, 1.54) is 4.68 Å². The summed E-state index contributed by atoms with van der Waals surface area (Å²) in [5, 5.41) is 7.18. The smallest absolute Gasteiger partial charge is 0.267 e. The van der Waals surface area contributed by atoms with Gasteiger partial charge in [0, 0.05) is 18.2 Å². The lowest BCUT2D eigenvalue weighted by Gasteiger charge is -2.09. The van der Waals surface area contributed by atoms with Crippen LogP contribution in [-0.2, 0) is 19.4 Å². The Kier molecular flexibility index (Phi) is 3.68. The van der Waals surface area contributed by atoms with Crippen molar-refractivity contribution in [2.75, 3.05) is 13.3 Å². The summed E-state index contributed by atoms with van der Waals surface area (Å²) in [5.74, 6) is 0.988. The summed E-state index contributed by atoms with van der Waals surface area (Å²) in [6.07, 6.45) is 2.89. The number of nitrogens with one attached hydrogen (secondary N) is 1. The molecule has 1 aromatic heterocycles. The van der Waals surface area contributed by atoms with E-state index in [1.54, 1.807) is 24.3 Å². The zero-order chi connectivity index (χ0) is 16.5. The first-order chi connectivity index (χ1) is 11.7. The normalized spacial score (nSPS) is 14.5. The average Bonchev–Trinajstić information content (AvgIpc) is 3.22. The van der Waals surface area contributed by atoms with Crippen LogP contribution in [0.25, 0.3) is 0 Å². The summed E-state index contributed by atoms with van der Waals surface area (Å²) in [6, 6.07) is 6.71. The first kappa shape index (κ1) is 14.7. The molecule has 4 rings (SSSR count). The SMILES string of the molecule is O=C(NCCn1nc2c(cc1=O)CCC2)c1ccc2c(c1)OCO2. The van der Waals surface area contributed by atoms with Crippen LogP contribution in [0.3, 0.4) is 0 Å². The van der Waals surface area contributed by atoms with Gasteiger partial charge in [-0.15, -0.1) is 0 Å². The van der Waals surface area contributed by atoms with Gasteiger partial charge in [-0.3, -0.25) is 9.59 Å². The number of benzene rings is 1. The first-order valence-corrected chi connectivity index (χ1v) is 7.98. The molecular formula is C17H17N3O4. The van der Waals surface area contributed by atoms with Crippen LogP contribution in [-0.4, -0.2) is 29.0 Å². The fourth-order valence-corrected chi connectivity index (χ4v) is 3.01. The Labute approximate surface area is 138 Å². The molecule has 7 heteroatoms. The van der Waals surface area contributed by atoms with E-state index in [-0.39, 0.29) is 18.3 Å². The van der Waals surface area contributed by atoms with Gasteiger partial charge >= 0.3 is 0 Å². The van der Waals surface area contributed by atoms with Crippen molar-refractivity contribution in [3.63, 3.8) is 0 Å². The number of carbonyl (C=O) groups excluding carboxylic acids is 1. The van der Waals surface area contributed by atoms with Crippen molar-refractivity contribution in [2.45, 2.75) is 25.8 Å². The zero-order valence-electron chi connectivity index (χ0n) is 13.1. The maximum atomic E-state index is 12.2. The minimum atomic E-state index is -0.220. The quantitative estimate of drug-likeness (QED) is 0.902. The molecule has 1 aliphatic heterocycles. The molecule has 0 unspecified atom stereocenters. The number of carbonyl (C=O) groups is 1. The molecule has 0 radical (unpaired) electrons. The Morgan fingerprint density at radius 2 is 2.08 bits per heavy atom. The molecule has 1 amide bonds. The predicted molar refractivity (Wildman–Crippen MR) is 85.4 cm³/mol. The first-order valence-electron chi connectivity index (χ1n) is 7.98. The van der Waals surface area contributed by atoms with Crippen molar-refractivity contribution in [3.05, 3.63) is 51.4 Å². The highest BCUT2D eigenvalue weighted by Crippen LogP contribution is 2.32. The van der Waals surface area contributed by atoms with E-state index in [0.717, 1.165) is 30.5 Å². The molecule has 7 nitrogen and oxygen atoms in total. The number of ether oxygens (including phenoxy) is 2. The highest BCUT2D eigenvalue weighted by atomic mass is 16.7. The summed E-state index contributed by atoms with van der Waals surface area (Å²) >= 11 is 0. The number of nitrogens with zero attached hydrogens (tertiary/aromatic N) is 2. The van der Waals surface area contributed by atoms with Crippen LogP contribution in [0.2, 0.25) is 0 Å². The molecule has 2 heterocycles. The Morgan fingerprint density at radius 3 is 3.00 bits per heavy atom. The third-order valence-corrected chi connectivity index (χ3v) is 4.27. The van der Waals surface area contributed by atoms with Gasteiger partial charge in [0.15, 0.2) is 11.5 Å². The summed E-state index contributed by atoms with van der Waals surface area (Å²) in [5.41, 5.74) is 2.43. The second-order valence-corrected chi connectivity index (χ2v) is 5.86. The van der Waals surface area contributed by atoms with Gasteiger partial charge in [0.05, 0.1) is 12.2 Å². The third-order valence-electron chi connectivity index (χ3n) is 4.27. The van der Waals surface area contributed by atoms with E-state index < -0.39 is 0 Å². The van der Waals surface area contributed by atoms with E-state index in [4.69, 9.17) is 9.47 Å². The van der Waals surface area contributed by atoms with Gasteiger partial charge in [-0.2, -0.15) is 5.10 Å². The molecule has 1 N–H and O–H groups in total. The summed E-state index contributed by atoms with van der Waals surface area (Å²) in [6.45, 7) is 0.856. The van der Waals surface area contributed by atoms with Crippen molar-refractivity contribution in [2.24, 2.45) is 0 Å². The van der Waals surface area contributed by atoms with Crippen molar-refractivity contribution in [1.82, 2.24) is 15.1 Å². The standard InChI is InChI=1S/C17H17N3O4/c21-16-9-11-2-1-3-13(11)19-20(16)7-6-18-17(22)12-4-5-14-15(8-12)24-10-23-14/h4-5,8-9H,1-3,6-7,10H2,(H,18,22). The molecule has 1 aliphatic carbocycles. The number of hydrogen-bond donors (Lipinski definition) is 1. The molecule has 0 saturated carbocycles. The maximum absolute atomic E-state index is 12.2. The summed E-state index contributed by atoms with van der Waals surface area (Å²) < 4.78 is 11.9. The minimum absolute atomic E-state index is 0.118. The molecule has 0 fully saturated rings. The Balaban J connectivity index is 1.39. The summed E-state index contributed by atoms with van der Waals surface area (Å²) in [4.78, 5) is 24.2. The highest BCUT2D eigenvalue weighted by molar-refractivity contribution is 5.94. The highest BCUT2D eigenvalue weighted by Gasteiger charge is 2.17. The topological polar surface area (TPSA) is 82.5 Å². The number of hydrogen-bond acceptors (Lipinski definition) is 5.